The second-order valence-electron chi connectivity index (χ2n) is 4.91. The average Bonchev–Trinajstić information content (AvgIpc) is 2.38. The topological polar surface area (TPSA) is 9.23 Å². The molecule has 1 nitrogen and oxygen atoms in total. The summed E-state index contributed by atoms with van der Waals surface area (Å²) in [5, 5.41) is 0. The maximum absolute atomic E-state index is 5.34. The summed E-state index contributed by atoms with van der Waals surface area (Å²) < 4.78 is 5.34. The van der Waals surface area contributed by atoms with Crippen LogP contribution in [0.4, 0.5) is 0 Å². The van der Waals surface area contributed by atoms with Crippen LogP contribution in [0.1, 0.15) is 42.7 Å². The highest BCUT2D eigenvalue weighted by atomic mass is 16.5. The fourth-order valence-electron chi connectivity index (χ4n) is 3.16. The molecular formula is C15H18O. The van der Waals surface area contributed by atoms with Gasteiger partial charge in [-0.05, 0) is 47.9 Å². The second-order valence-corrected chi connectivity index (χ2v) is 4.91. The van der Waals surface area contributed by atoms with Gasteiger partial charge in [0.05, 0.1) is 7.11 Å². The molecule has 2 aliphatic carbocycles. The molecule has 1 fully saturated rings. The Kier molecular flexibility index (Phi) is 2.47. The first-order chi connectivity index (χ1) is 7.88. The molecule has 0 saturated heterocycles. The molecule has 0 aromatic heterocycles. The first kappa shape index (κ1) is 9.95. The Labute approximate surface area is 97.1 Å². The number of allylic oxidation sites excluding steroid dienone is 1. The molecule has 84 valence electrons. The van der Waals surface area contributed by atoms with Crippen LogP contribution >= 0.6 is 0 Å². The zero-order valence-electron chi connectivity index (χ0n) is 9.78. The van der Waals surface area contributed by atoms with E-state index in [0.29, 0.717) is 0 Å². The van der Waals surface area contributed by atoms with Crippen molar-refractivity contribution in [2.24, 2.45) is 5.92 Å². The lowest BCUT2D eigenvalue weighted by Gasteiger charge is -2.33. The number of hydrogen-bond donors (Lipinski definition) is 0. The quantitative estimate of drug-likeness (QED) is 0.686. The molecule has 2 aliphatic rings. The Morgan fingerprint density at radius 1 is 1.19 bits per heavy atom. The predicted molar refractivity (Wildman–Crippen MR) is 66.7 cm³/mol. The van der Waals surface area contributed by atoms with Crippen molar-refractivity contribution in [2.75, 3.05) is 7.11 Å². The van der Waals surface area contributed by atoms with E-state index in [-0.39, 0.29) is 0 Å². The molecule has 0 unspecified atom stereocenters. The van der Waals surface area contributed by atoms with E-state index in [1.54, 1.807) is 7.11 Å². The molecule has 1 aromatic carbocycles. The second kappa shape index (κ2) is 3.97. The minimum Gasteiger partial charge on any atom is -0.497 e. The van der Waals surface area contributed by atoms with Crippen molar-refractivity contribution in [2.45, 2.75) is 31.6 Å². The molecule has 0 heterocycles. The van der Waals surface area contributed by atoms with Crippen molar-refractivity contribution in [1.29, 1.82) is 0 Å². The molecule has 0 spiro atoms. The lowest BCUT2D eigenvalue weighted by molar-refractivity contribution is 0.357. The van der Waals surface area contributed by atoms with Gasteiger partial charge in [0, 0.05) is 0 Å². The van der Waals surface area contributed by atoms with Crippen LogP contribution in [0.2, 0.25) is 0 Å². The largest absolute Gasteiger partial charge is 0.497 e. The van der Waals surface area contributed by atoms with Crippen LogP contribution in [0.3, 0.4) is 0 Å². The SMILES string of the molecule is COc1ccc2c(c1)[C@@H]1CCCC[C@@H]1C=C2. The first-order valence-corrected chi connectivity index (χ1v) is 6.24. The number of benzene rings is 1. The van der Waals surface area contributed by atoms with Gasteiger partial charge in [0.25, 0.3) is 0 Å². The summed E-state index contributed by atoms with van der Waals surface area (Å²) in [6.07, 6.45) is 10.2. The van der Waals surface area contributed by atoms with Gasteiger partial charge in [-0.15, -0.1) is 0 Å². The fraction of sp³-hybridized carbons (Fsp3) is 0.467. The molecule has 0 aliphatic heterocycles. The van der Waals surface area contributed by atoms with Crippen molar-refractivity contribution < 1.29 is 4.74 Å². The maximum Gasteiger partial charge on any atom is 0.119 e. The standard InChI is InChI=1S/C15H18O/c1-16-13-9-8-12-7-6-11-4-2-3-5-14(11)15(12)10-13/h6-11,14H,2-5H2,1H3/t11-,14-/m1/s1. The zero-order chi connectivity index (χ0) is 11.0. The van der Waals surface area contributed by atoms with Crippen molar-refractivity contribution in [3.8, 4) is 5.75 Å². The van der Waals surface area contributed by atoms with Crippen LogP contribution in [-0.2, 0) is 0 Å². The van der Waals surface area contributed by atoms with Crippen LogP contribution in [0.25, 0.3) is 6.08 Å². The van der Waals surface area contributed by atoms with E-state index >= 15 is 0 Å². The molecule has 0 radical (unpaired) electrons. The highest BCUT2D eigenvalue weighted by Gasteiger charge is 2.28. The highest BCUT2D eigenvalue weighted by Crippen LogP contribution is 2.44. The van der Waals surface area contributed by atoms with Gasteiger partial charge in [-0.2, -0.15) is 0 Å². The Morgan fingerprint density at radius 3 is 2.94 bits per heavy atom. The molecule has 2 atom stereocenters. The smallest absolute Gasteiger partial charge is 0.119 e. The van der Waals surface area contributed by atoms with E-state index in [2.05, 4.69) is 30.4 Å². The number of hydrogen-bond acceptors (Lipinski definition) is 1. The summed E-state index contributed by atoms with van der Waals surface area (Å²) in [6, 6.07) is 6.49. The summed E-state index contributed by atoms with van der Waals surface area (Å²) in [4.78, 5) is 0. The summed E-state index contributed by atoms with van der Waals surface area (Å²) in [5.41, 5.74) is 2.90. The van der Waals surface area contributed by atoms with E-state index in [9.17, 15) is 0 Å². The van der Waals surface area contributed by atoms with Crippen molar-refractivity contribution in [1.82, 2.24) is 0 Å². The molecular weight excluding hydrogens is 196 g/mol. The van der Waals surface area contributed by atoms with Crippen molar-refractivity contribution >= 4 is 6.08 Å². The molecule has 0 N–H and O–H groups in total. The van der Waals surface area contributed by atoms with Crippen LogP contribution in [-0.4, -0.2) is 7.11 Å². The van der Waals surface area contributed by atoms with Crippen LogP contribution in [0.5, 0.6) is 5.75 Å². The van der Waals surface area contributed by atoms with Crippen LogP contribution in [0, 0.1) is 5.92 Å². The number of rotatable bonds is 1. The maximum atomic E-state index is 5.34. The highest BCUT2D eigenvalue weighted by molar-refractivity contribution is 5.60. The Hall–Kier alpha value is -1.24. The van der Waals surface area contributed by atoms with Crippen molar-refractivity contribution in [3.05, 3.63) is 35.4 Å². The molecule has 0 bridgehead atoms. The van der Waals surface area contributed by atoms with Gasteiger partial charge in [-0.25, -0.2) is 0 Å². The van der Waals surface area contributed by atoms with Gasteiger partial charge in [0.1, 0.15) is 5.75 Å². The monoisotopic (exact) mass is 214 g/mol. The number of methoxy groups -OCH3 is 1. The third-order valence-corrected chi connectivity index (χ3v) is 4.04. The normalized spacial score (nSPS) is 27.1. The van der Waals surface area contributed by atoms with E-state index in [1.165, 1.54) is 36.8 Å². The first-order valence-electron chi connectivity index (χ1n) is 6.24. The lowest BCUT2D eigenvalue weighted by atomic mass is 9.71. The average molecular weight is 214 g/mol. The fourth-order valence-corrected chi connectivity index (χ4v) is 3.16. The molecule has 1 heteroatoms. The van der Waals surface area contributed by atoms with Gasteiger partial charge in [0.15, 0.2) is 0 Å². The minimum absolute atomic E-state index is 0.740. The molecule has 1 aromatic rings. The predicted octanol–water partition coefficient (Wildman–Crippen LogP) is 4.00. The summed E-state index contributed by atoms with van der Waals surface area (Å²) in [5.74, 6) is 2.51. The van der Waals surface area contributed by atoms with E-state index in [1.807, 2.05) is 0 Å². The van der Waals surface area contributed by atoms with Gasteiger partial charge in [-0.1, -0.05) is 31.1 Å². The lowest BCUT2D eigenvalue weighted by Crippen LogP contribution is -2.19. The number of fused-ring (bicyclic) bond motifs is 3. The summed E-state index contributed by atoms with van der Waals surface area (Å²) in [7, 11) is 1.75. The van der Waals surface area contributed by atoms with Gasteiger partial charge >= 0.3 is 0 Å². The molecule has 3 rings (SSSR count). The number of ether oxygens (including phenoxy) is 1. The Morgan fingerprint density at radius 2 is 2.06 bits per heavy atom. The Bertz CT molecular complexity index is 419. The van der Waals surface area contributed by atoms with Crippen LogP contribution in [0.15, 0.2) is 24.3 Å². The molecule has 1 saturated carbocycles. The van der Waals surface area contributed by atoms with E-state index in [4.69, 9.17) is 4.74 Å². The summed E-state index contributed by atoms with van der Waals surface area (Å²) in [6.45, 7) is 0. The zero-order valence-corrected chi connectivity index (χ0v) is 9.78. The molecule has 0 amide bonds. The van der Waals surface area contributed by atoms with Gasteiger partial charge < -0.3 is 4.74 Å². The van der Waals surface area contributed by atoms with E-state index < -0.39 is 0 Å². The Balaban J connectivity index is 2.03. The third-order valence-electron chi connectivity index (χ3n) is 4.04. The minimum atomic E-state index is 0.740. The van der Waals surface area contributed by atoms with Crippen LogP contribution < -0.4 is 4.74 Å². The van der Waals surface area contributed by atoms with Gasteiger partial charge in [0.2, 0.25) is 0 Å². The van der Waals surface area contributed by atoms with Crippen molar-refractivity contribution in [3.63, 3.8) is 0 Å². The summed E-state index contributed by atoms with van der Waals surface area (Å²) >= 11 is 0. The molecule has 16 heavy (non-hydrogen) atoms. The van der Waals surface area contributed by atoms with Gasteiger partial charge in [-0.3, -0.25) is 0 Å². The van der Waals surface area contributed by atoms with E-state index in [0.717, 1.165) is 17.6 Å². The third kappa shape index (κ3) is 1.55.